The van der Waals surface area contributed by atoms with E-state index in [-0.39, 0.29) is 17.8 Å². The minimum atomic E-state index is -0.361. The zero-order chi connectivity index (χ0) is 19.9. The first-order valence-corrected chi connectivity index (χ1v) is 8.92. The zero-order valence-corrected chi connectivity index (χ0v) is 16.4. The number of hydrogen-bond donors (Lipinski definition) is 0. The Hall–Kier alpha value is -2.83. The van der Waals surface area contributed by atoms with E-state index in [1.54, 1.807) is 24.8 Å². The molecule has 3 rings (SSSR count). The first-order chi connectivity index (χ1) is 12.7. The van der Waals surface area contributed by atoms with Gasteiger partial charge in [0.15, 0.2) is 11.6 Å². The second-order valence-corrected chi connectivity index (χ2v) is 7.04. The van der Waals surface area contributed by atoms with Gasteiger partial charge in [0.05, 0.1) is 11.8 Å². The van der Waals surface area contributed by atoms with Crippen LogP contribution >= 0.6 is 0 Å². The summed E-state index contributed by atoms with van der Waals surface area (Å²) in [5, 5.41) is 8.53. The number of halogens is 1. The molecule has 0 radical (unpaired) electrons. The molecule has 0 bridgehead atoms. The van der Waals surface area contributed by atoms with Crippen LogP contribution in [0.5, 0.6) is 0 Å². The van der Waals surface area contributed by atoms with Crippen molar-refractivity contribution < 1.29 is 9.18 Å². The molecule has 0 saturated heterocycles. The van der Waals surface area contributed by atoms with E-state index in [1.807, 2.05) is 25.3 Å². The molecule has 0 N–H and O–H groups in total. The predicted molar refractivity (Wildman–Crippen MR) is 102 cm³/mol. The average molecular weight is 369 g/mol. The predicted octanol–water partition coefficient (Wildman–Crippen LogP) is 3.59. The van der Waals surface area contributed by atoms with Gasteiger partial charge in [0, 0.05) is 24.4 Å². The van der Waals surface area contributed by atoms with Gasteiger partial charge in [-0.05, 0) is 57.9 Å². The summed E-state index contributed by atoms with van der Waals surface area (Å²) in [6.07, 6.45) is 0. The molecular weight excluding hydrogens is 345 g/mol. The van der Waals surface area contributed by atoms with Crippen LogP contribution in [0.25, 0.3) is 0 Å². The van der Waals surface area contributed by atoms with Gasteiger partial charge >= 0.3 is 0 Å². The molecule has 27 heavy (non-hydrogen) atoms. The fourth-order valence-corrected chi connectivity index (χ4v) is 3.37. The average Bonchev–Trinajstić information content (AvgIpc) is 3.03. The normalized spacial score (nSPS) is 17.0. The van der Waals surface area contributed by atoms with Crippen molar-refractivity contribution in [3.05, 3.63) is 58.6 Å². The molecule has 1 aromatic carbocycles. The molecule has 0 aliphatic carbocycles. The van der Waals surface area contributed by atoms with Crippen LogP contribution < -0.4 is 0 Å². The maximum absolute atomic E-state index is 14.1. The first kappa shape index (κ1) is 18.9. The SMILES string of the molecule is C=C(C)N=C(C)c1nnc2n1CCN(C(=O)c1cc(C)c(C)c(F)c1)C2C. The van der Waals surface area contributed by atoms with E-state index < -0.39 is 0 Å². The largest absolute Gasteiger partial charge is 0.327 e. The zero-order valence-electron chi connectivity index (χ0n) is 16.4. The summed E-state index contributed by atoms with van der Waals surface area (Å²) >= 11 is 0. The lowest BCUT2D eigenvalue weighted by Gasteiger charge is -2.34. The molecule has 1 aliphatic rings. The van der Waals surface area contributed by atoms with E-state index in [1.165, 1.54) is 6.07 Å². The van der Waals surface area contributed by atoms with Crippen molar-refractivity contribution in [2.75, 3.05) is 6.54 Å². The summed E-state index contributed by atoms with van der Waals surface area (Å²) in [7, 11) is 0. The minimum absolute atomic E-state index is 0.201. The smallest absolute Gasteiger partial charge is 0.254 e. The maximum Gasteiger partial charge on any atom is 0.254 e. The van der Waals surface area contributed by atoms with Crippen LogP contribution in [-0.2, 0) is 6.54 Å². The summed E-state index contributed by atoms with van der Waals surface area (Å²) in [4.78, 5) is 19.1. The van der Waals surface area contributed by atoms with Crippen molar-refractivity contribution in [1.82, 2.24) is 19.7 Å². The van der Waals surface area contributed by atoms with E-state index in [0.29, 0.717) is 41.6 Å². The second-order valence-electron chi connectivity index (χ2n) is 7.04. The van der Waals surface area contributed by atoms with Crippen molar-refractivity contribution >= 4 is 11.6 Å². The van der Waals surface area contributed by atoms with Crippen LogP contribution in [0.1, 0.15) is 59.9 Å². The molecule has 0 fully saturated rings. The highest BCUT2D eigenvalue weighted by Crippen LogP contribution is 2.27. The third kappa shape index (κ3) is 3.41. The number of carbonyl (C=O) groups is 1. The summed E-state index contributed by atoms with van der Waals surface area (Å²) in [6, 6.07) is 2.78. The van der Waals surface area contributed by atoms with Gasteiger partial charge in [-0.1, -0.05) is 6.58 Å². The molecule has 1 unspecified atom stereocenters. The summed E-state index contributed by atoms with van der Waals surface area (Å²) in [5.41, 5.74) is 3.12. The highest BCUT2D eigenvalue weighted by Gasteiger charge is 2.32. The van der Waals surface area contributed by atoms with Crippen molar-refractivity contribution in [1.29, 1.82) is 0 Å². The Labute approximate surface area is 158 Å². The molecule has 0 spiro atoms. The summed E-state index contributed by atoms with van der Waals surface area (Å²) in [6.45, 7) is 14.0. The van der Waals surface area contributed by atoms with Crippen LogP contribution in [-0.4, -0.2) is 37.8 Å². The summed E-state index contributed by atoms with van der Waals surface area (Å²) in [5.74, 6) is 0.821. The highest BCUT2D eigenvalue weighted by atomic mass is 19.1. The van der Waals surface area contributed by atoms with E-state index in [9.17, 15) is 9.18 Å². The third-order valence-electron chi connectivity index (χ3n) is 4.98. The van der Waals surface area contributed by atoms with Crippen LogP contribution in [0.3, 0.4) is 0 Å². The third-order valence-corrected chi connectivity index (χ3v) is 4.98. The molecule has 1 aliphatic heterocycles. The molecule has 7 heteroatoms. The molecule has 2 heterocycles. The lowest BCUT2D eigenvalue weighted by atomic mass is 10.0. The number of aromatic nitrogens is 3. The first-order valence-electron chi connectivity index (χ1n) is 8.92. The second kappa shape index (κ2) is 7.06. The van der Waals surface area contributed by atoms with Gasteiger partial charge in [-0.3, -0.25) is 9.79 Å². The molecule has 1 amide bonds. The van der Waals surface area contributed by atoms with Crippen LogP contribution in [0.4, 0.5) is 4.39 Å². The van der Waals surface area contributed by atoms with Gasteiger partial charge in [0.2, 0.25) is 0 Å². The Balaban J connectivity index is 1.92. The number of rotatable bonds is 3. The van der Waals surface area contributed by atoms with Crippen molar-refractivity contribution in [3.63, 3.8) is 0 Å². The van der Waals surface area contributed by atoms with Crippen LogP contribution in [0.2, 0.25) is 0 Å². The Morgan fingerprint density at radius 1 is 1.26 bits per heavy atom. The van der Waals surface area contributed by atoms with Gasteiger partial charge in [-0.2, -0.15) is 0 Å². The number of benzene rings is 1. The van der Waals surface area contributed by atoms with E-state index in [2.05, 4.69) is 21.8 Å². The van der Waals surface area contributed by atoms with Gasteiger partial charge in [-0.25, -0.2) is 4.39 Å². The lowest BCUT2D eigenvalue weighted by Crippen LogP contribution is -2.41. The van der Waals surface area contributed by atoms with E-state index in [4.69, 9.17) is 0 Å². The number of allylic oxidation sites excluding steroid dienone is 1. The quantitative estimate of drug-likeness (QED) is 0.777. The minimum Gasteiger partial charge on any atom is -0.327 e. The van der Waals surface area contributed by atoms with Gasteiger partial charge in [0.25, 0.3) is 5.91 Å². The number of nitrogens with zero attached hydrogens (tertiary/aromatic N) is 5. The number of hydrogen-bond acceptors (Lipinski definition) is 4. The van der Waals surface area contributed by atoms with Gasteiger partial charge < -0.3 is 9.47 Å². The molecule has 0 saturated carbocycles. The molecule has 6 nitrogen and oxygen atoms in total. The Morgan fingerprint density at radius 3 is 2.59 bits per heavy atom. The molecule has 142 valence electrons. The van der Waals surface area contributed by atoms with Gasteiger partial charge in [-0.15, -0.1) is 10.2 Å². The van der Waals surface area contributed by atoms with Crippen molar-refractivity contribution in [3.8, 4) is 0 Å². The Bertz CT molecular complexity index is 936. The van der Waals surface area contributed by atoms with Crippen molar-refractivity contribution in [2.45, 2.75) is 47.2 Å². The lowest BCUT2D eigenvalue weighted by molar-refractivity contribution is 0.0637. The molecule has 2 aromatic rings. The Kier molecular flexibility index (Phi) is 4.95. The number of amides is 1. The fraction of sp³-hybridized carbons (Fsp3) is 0.400. The standard InChI is InChI=1S/C20H24FN5O/c1-11(2)22-14(5)18-23-24-19-15(6)25(7-8-26(18)19)20(27)16-9-12(3)13(4)17(21)10-16/h9-10,15H,1,7-8H2,2-6H3. The maximum atomic E-state index is 14.1. The fourth-order valence-electron chi connectivity index (χ4n) is 3.37. The molecular formula is C20H24FN5O. The van der Waals surface area contributed by atoms with Crippen LogP contribution in [0.15, 0.2) is 29.4 Å². The van der Waals surface area contributed by atoms with E-state index in [0.717, 1.165) is 11.3 Å². The molecule has 1 atom stereocenters. The monoisotopic (exact) mass is 369 g/mol. The number of carbonyl (C=O) groups excluding carboxylic acids is 1. The molecule has 1 aromatic heterocycles. The van der Waals surface area contributed by atoms with Gasteiger partial charge in [0.1, 0.15) is 5.82 Å². The van der Waals surface area contributed by atoms with Crippen molar-refractivity contribution in [2.24, 2.45) is 4.99 Å². The highest BCUT2D eigenvalue weighted by molar-refractivity contribution is 5.96. The van der Waals surface area contributed by atoms with Crippen LogP contribution in [0, 0.1) is 19.7 Å². The summed E-state index contributed by atoms with van der Waals surface area (Å²) < 4.78 is 16.1. The Morgan fingerprint density at radius 2 is 1.96 bits per heavy atom. The topological polar surface area (TPSA) is 63.4 Å². The van der Waals surface area contributed by atoms with E-state index >= 15 is 0 Å². The number of aliphatic imine (C=N–C) groups is 1. The number of aryl methyl sites for hydroxylation is 1. The number of fused-ring (bicyclic) bond motifs is 1.